The summed E-state index contributed by atoms with van der Waals surface area (Å²) in [6.07, 6.45) is 3.51. The molecule has 1 unspecified atom stereocenters. The minimum Gasteiger partial charge on any atom is -0.397 e. The van der Waals surface area contributed by atoms with Gasteiger partial charge in [0.2, 0.25) is 0 Å². The van der Waals surface area contributed by atoms with Gasteiger partial charge < -0.3 is 21.3 Å². The molecule has 0 aromatic carbocycles. The molecule has 1 aromatic heterocycles. The number of carbonyl (C=O) groups excluding carboxylic acids is 1. The second-order valence-electron chi connectivity index (χ2n) is 6.05. The standard InChI is InChI=1S/C14H22N4OS/c1-17(2)9-5-6-18(7-9)14-10(8-3-4-8)11(15)12(20-14)13(16)19/h8-9H,3-7,15H2,1-2H3,(H2,16,19). The number of likely N-dealkylation sites (N-methyl/N-ethyl adjacent to an activating group) is 1. The highest BCUT2D eigenvalue weighted by atomic mass is 32.1. The number of rotatable bonds is 4. The maximum Gasteiger partial charge on any atom is 0.260 e. The summed E-state index contributed by atoms with van der Waals surface area (Å²) < 4.78 is 0. The summed E-state index contributed by atoms with van der Waals surface area (Å²) in [5.74, 6) is 0.136. The molecule has 0 radical (unpaired) electrons. The Bertz CT molecular complexity index is 536. The van der Waals surface area contributed by atoms with Crippen LogP contribution in [-0.2, 0) is 0 Å². The highest BCUT2D eigenvalue weighted by molar-refractivity contribution is 7.18. The van der Waals surface area contributed by atoms with Crippen LogP contribution < -0.4 is 16.4 Å². The number of hydrogen-bond acceptors (Lipinski definition) is 5. The number of nitrogens with zero attached hydrogens (tertiary/aromatic N) is 2. The van der Waals surface area contributed by atoms with Crippen LogP contribution in [0.1, 0.15) is 40.4 Å². The Labute approximate surface area is 123 Å². The molecule has 1 aliphatic carbocycles. The van der Waals surface area contributed by atoms with E-state index in [0.717, 1.165) is 19.5 Å². The van der Waals surface area contributed by atoms with Crippen molar-refractivity contribution in [1.29, 1.82) is 0 Å². The maximum absolute atomic E-state index is 11.5. The van der Waals surface area contributed by atoms with Gasteiger partial charge in [-0.3, -0.25) is 4.79 Å². The van der Waals surface area contributed by atoms with Gasteiger partial charge in [-0.2, -0.15) is 0 Å². The van der Waals surface area contributed by atoms with E-state index in [1.54, 1.807) is 0 Å². The highest BCUT2D eigenvalue weighted by Crippen LogP contribution is 2.52. The molecule has 1 amide bonds. The lowest BCUT2D eigenvalue weighted by atomic mass is 10.1. The van der Waals surface area contributed by atoms with E-state index in [0.29, 0.717) is 22.5 Å². The van der Waals surface area contributed by atoms with Crippen molar-refractivity contribution in [3.05, 3.63) is 10.4 Å². The van der Waals surface area contributed by atoms with Crippen LogP contribution in [0, 0.1) is 0 Å². The van der Waals surface area contributed by atoms with E-state index >= 15 is 0 Å². The summed E-state index contributed by atoms with van der Waals surface area (Å²) in [6, 6.07) is 0.572. The molecule has 1 saturated heterocycles. The quantitative estimate of drug-likeness (QED) is 0.881. The fourth-order valence-corrected chi connectivity index (χ4v) is 4.17. The number of anilines is 2. The molecule has 2 aliphatic rings. The number of nitrogens with two attached hydrogens (primary N) is 2. The summed E-state index contributed by atoms with van der Waals surface area (Å²) >= 11 is 1.48. The number of thiophene rings is 1. The third-order valence-corrected chi connectivity index (χ3v) is 5.65. The van der Waals surface area contributed by atoms with E-state index in [2.05, 4.69) is 23.9 Å². The van der Waals surface area contributed by atoms with Crippen LogP contribution in [0.4, 0.5) is 10.7 Å². The molecular formula is C14H22N4OS. The van der Waals surface area contributed by atoms with Crippen LogP contribution in [0.3, 0.4) is 0 Å². The van der Waals surface area contributed by atoms with Gasteiger partial charge >= 0.3 is 0 Å². The molecule has 0 spiro atoms. The molecule has 110 valence electrons. The fourth-order valence-electron chi connectivity index (χ4n) is 2.98. The van der Waals surface area contributed by atoms with Crippen LogP contribution >= 0.6 is 11.3 Å². The second-order valence-corrected chi connectivity index (χ2v) is 7.05. The predicted molar refractivity (Wildman–Crippen MR) is 83.5 cm³/mol. The fraction of sp³-hybridized carbons (Fsp3) is 0.643. The summed E-state index contributed by atoms with van der Waals surface area (Å²) in [7, 11) is 4.24. The molecule has 6 heteroatoms. The molecular weight excluding hydrogens is 272 g/mol. The van der Waals surface area contributed by atoms with Gasteiger partial charge in [0.05, 0.1) is 10.7 Å². The lowest BCUT2D eigenvalue weighted by molar-refractivity contribution is 0.100. The average molecular weight is 294 g/mol. The molecule has 5 nitrogen and oxygen atoms in total. The van der Waals surface area contributed by atoms with Crippen molar-refractivity contribution in [2.75, 3.05) is 37.8 Å². The van der Waals surface area contributed by atoms with Gasteiger partial charge in [0.15, 0.2) is 0 Å². The Morgan fingerprint density at radius 3 is 2.55 bits per heavy atom. The van der Waals surface area contributed by atoms with E-state index in [9.17, 15) is 4.79 Å². The van der Waals surface area contributed by atoms with Crippen LogP contribution in [-0.4, -0.2) is 44.0 Å². The van der Waals surface area contributed by atoms with Crippen molar-refractivity contribution in [3.8, 4) is 0 Å². The SMILES string of the molecule is CN(C)C1CCN(c2sc(C(N)=O)c(N)c2C2CC2)C1. The molecule has 2 fully saturated rings. The summed E-state index contributed by atoms with van der Waals surface area (Å²) in [6.45, 7) is 2.03. The molecule has 1 aliphatic heterocycles. The average Bonchev–Trinajstić information content (AvgIpc) is 2.98. The minimum atomic E-state index is -0.399. The maximum atomic E-state index is 11.5. The number of primary amides is 1. The van der Waals surface area contributed by atoms with Gasteiger partial charge in [-0.05, 0) is 39.3 Å². The van der Waals surface area contributed by atoms with Gasteiger partial charge in [0.25, 0.3) is 5.91 Å². The lowest BCUT2D eigenvalue weighted by Crippen LogP contribution is -2.31. The first-order chi connectivity index (χ1) is 9.49. The summed E-state index contributed by atoms with van der Waals surface area (Å²) in [5, 5.41) is 1.18. The van der Waals surface area contributed by atoms with Crippen molar-refractivity contribution < 1.29 is 4.79 Å². The van der Waals surface area contributed by atoms with E-state index in [-0.39, 0.29) is 0 Å². The van der Waals surface area contributed by atoms with Crippen molar-refractivity contribution in [2.45, 2.75) is 31.2 Å². The molecule has 3 rings (SSSR count). The molecule has 4 N–H and O–H groups in total. The van der Waals surface area contributed by atoms with Crippen molar-refractivity contribution in [2.24, 2.45) is 5.73 Å². The van der Waals surface area contributed by atoms with Gasteiger partial charge in [0.1, 0.15) is 4.88 Å². The Morgan fingerprint density at radius 1 is 1.35 bits per heavy atom. The Hall–Kier alpha value is -1.27. The van der Waals surface area contributed by atoms with Gasteiger partial charge in [-0.15, -0.1) is 11.3 Å². The molecule has 2 heterocycles. The van der Waals surface area contributed by atoms with Crippen LogP contribution in [0.2, 0.25) is 0 Å². The molecule has 1 saturated carbocycles. The highest BCUT2D eigenvalue weighted by Gasteiger charge is 2.36. The normalized spacial score (nSPS) is 22.8. The van der Waals surface area contributed by atoms with Crippen molar-refractivity contribution in [1.82, 2.24) is 4.90 Å². The van der Waals surface area contributed by atoms with Gasteiger partial charge in [-0.25, -0.2) is 0 Å². The number of amides is 1. The first-order valence-corrected chi connectivity index (χ1v) is 7.94. The monoisotopic (exact) mass is 294 g/mol. The Kier molecular flexibility index (Phi) is 3.38. The summed E-state index contributed by atoms with van der Waals surface area (Å²) in [4.78, 5) is 16.7. The lowest BCUT2D eigenvalue weighted by Gasteiger charge is -2.21. The first kappa shape index (κ1) is 13.7. The second kappa shape index (κ2) is 4.93. The van der Waals surface area contributed by atoms with Crippen molar-refractivity contribution in [3.63, 3.8) is 0 Å². The molecule has 20 heavy (non-hydrogen) atoms. The van der Waals surface area contributed by atoms with E-state index in [1.807, 2.05) is 0 Å². The number of nitrogen functional groups attached to an aromatic ring is 1. The van der Waals surface area contributed by atoms with Crippen LogP contribution in [0.5, 0.6) is 0 Å². The Morgan fingerprint density at radius 2 is 2.05 bits per heavy atom. The zero-order chi connectivity index (χ0) is 14.4. The van der Waals surface area contributed by atoms with Crippen LogP contribution in [0.25, 0.3) is 0 Å². The predicted octanol–water partition coefficient (Wildman–Crippen LogP) is 1.45. The van der Waals surface area contributed by atoms with E-state index in [4.69, 9.17) is 11.5 Å². The third kappa shape index (κ3) is 2.27. The van der Waals surface area contributed by atoms with Crippen molar-refractivity contribution >= 4 is 27.9 Å². The number of carbonyl (C=O) groups is 1. The van der Waals surface area contributed by atoms with E-state index in [1.165, 1.54) is 34.7 Å². The van der Waals surface area contributed by atoms with Gasteiger partial charge in [-0.1, -0.05) is 0 Å². The zero-order valence-corrected chi connectivity index (χ0v) is 12.9. The van der Waals surface area contributed by atoms with E-state index < -0.39 is 5.91 Å². The minimum absolute atomic E-state index is 0.399. The third-order valence-electron chi connectivity index (χ3n) is 4.35. The molecule has 1 atom stereocenters. The molecule has 1 aromatic rings. The molecule has 0 bridgehead atoms. The van der Waals surface area contributed by atoms with Crippen LogP contribution in [0.15, 0.2) is 0 Å². The largest absolute Gasteiger partial charge is 0.397 e. The zero-order valence-electron chi connectivity index (χ0n) is 12.1. The number of hydrogen-bond donors (Lipinski definition) is 2. The smallest absolute Gasteiger partial charge is 0.260 e. The topological polar surface area (TPSA) is 75.6 Å². The van der Waals surface area contributed by atoms with Gasteiger partial charge in [0, 0.05) is 24.7 Å². The first-order valence-electron chi connectivity index (χ1n) is 7.12. The Balaban J connectivity index is 1.93. The summed E-state index contributed by atoms with van der Waals surface area (Å²) in [5.41, 5.74) is 13.5.